The highest BCUT2D eigenvalue weighted by Gasteiger charge is 2.25. The zero-order valence-electron chi connectivity index (χ0n) is 22.8. The van der Waals surface area contributed by atoms with Gasteiger partial charge in [0.15, 0.2) is 5.82 Å². The van der Waals surface area contributed by atoms with E-state index < -0.39 is 11.7 Å². The van der Waals surface area contributed by atoms with E-state index >= 15 is 0 Å². The number of halogens is 1. The van der Waals surface area contributed by atoms with E-state index in [9.17, 15) is 9.18 Å². The Morgan fingerprint density at radius 2 is 2.05 bits per heavy atom. The van der Waals surface area contributed by atoms with Gasteiger partial charge in [0.05, 0.1) is 17.7 Å². The van der Waals surface area contributed by atoms with Crippen LogP contribution in [-0.2, 0) is 11.8 Å². The third-order valence-electron chi connectivity index (χ3n) is 7.19. The van der Waals surface area contributed by atoms with Crippen molar-refractivity contribution in [1.82, 2.24) is 30.4 Å². The Labute approximate surface area is 231 Å². The van der Waals surface area contributed by atoms with E-state index in [2.05, 4.69) is 49.8 Å². The predicted molar refractivity (Wildman–Crippen MR) is 151 cm³/mol. The van der Waals surface area contributed by atoms with Crippen LogP contribution in [0.3, 0.4) is 0 Å². The maximum atomic E-state index is 14.7. The average molecular weight is 549 g/mol. The molecule has 0 bridgehead atoms. The molecule has 2 fully saturated rings. The lowest BCUT2D eigenvalue weighted by atomic mass is 10.0. The summed E-state index contributed by atoms with van der Waals surface area (Å²) in [7, 11) is 1.72. The number of carbonyl (C=O) groups excluding carboxylic acids is 1. The van der Waals surface area contributed by atoms with Crippen LogP contribution in [0.4, 0.5) is 15.8 Å². The van der Waals surface area contributed by atoms with Crippen LogP contribution in [0.25, 0.3) is 21.8 Å². The molecular formula is C28H33FN8O3. The van der Waals surface area contributed by atoms with E-state index in [0.29, 0.717) is 47.4 Å². The van der Waals surface area contributed by atoms with Crippen molar-refractivity contribution in [2.75, 3.05) is 49.6 Å². The number of fused-ring (bicyclic) bond motifs is 2. The zero-order chi connectivity index (χ0) is 27.8. The van der Waals surface area contributed by atoms with Crippen molar-refractivity contribution in [3.63, 3.8) is 0 Å². The number of nitrogens with zero attached hydrogens (tertiary/aromatic N) is 5. The SMILES string of the molecule is CC1CN(c2ccc(C(=O)Nc3cc(F)c4nn(C)cc4c3)c3nc(OCC4CNCCO4)ncc23)CC(C)N1. The molecule has 40 heavy (non-hydrogen) atoms. The molecule has 210 valence electrons. The molecular weight excluding hydrogens is 515 g/mol. The van der Waals surface area contributed by atoms with Crippen molar-refractivity contribution in [3.8, 4) is 6.01 Å². The van der Waals surface area contributed by atoms with Crippen LogP contribution in [0, 0.1) is 5.82 Å². The van der Waals surface area contributed by atoms with Crippen LogP contribution in [-0.4, -0.2) is 83.2 Å². The monoisotopic (exact) mass is 548 g/mol. The first-order chi connectivity index (χ1) is 19.3. The summed E-state index contributed by atoms with van der Waals surface area (Å²) < 4.78 is 27.8. The Morgan fingerprint density at radius 3 is 2.83 bits per heavy atom. The van der Waals surface area contributed by atoms with Crippen LogP contribution in [0.5, 0.6) is 6.01 Å². The fraction of sp³-hybridized carbons (Fsp3) is 0.429. The van der Waals surface area contributed by atoms with Gasteiger partial charge in [0, 0.05) is 79.9 Å². The molecule has 11 nitrogen and oxygen atoms in total. The van der Waals surface area contributed by atoms with Gasteiger partial charge in [-0.3, -0.25) is 9.48 Å². The Hall–Kier alpha value is -3.87. The first kappa shape index (κ1) is 26.4. The molecule has 3 N–H and O–H groups in total. The van der Waals surface area contributed by atoms with Gasteiger partial charge in [0.25, 0.3) is 5.91 Å². The Morgan fingerprint density at radius 1 is 1.23 bits per heavy atom. The number of ether oxygens (including phenoxy) is 2. The number of aromatic nitrogens is 4. The van der Waals surface area contributed by atoms with E-state index in [4.69, 9.17) is 9.47 Å². The number of piperazine rings is 1. The Balaban J connectivity index is 1.34. The molecule has 3 unspecified atom stereocenters. The van der Waals surface area contributed by atoms with E-state index in [0.717, 1.165) is 30.7 Å². The van der Waals surface area contributed by atoms with Gasteiger partial charge in [-0.1, -0.05) is 0 Å². The van der Waals surface area contributed by atoms with E-state index in [1.54, 1.807) is 31.6 Å². The highest BCUT2D eigenvalue weighted by Crippen LogP contribution is 2.31. The van der Waals surface area contributed by atoms with Gasteiger partial charge in [0.2, 0.25) is 0 Å². The molecule has 2 aromatic carbocycles. The zero-order valence-corrected chi connectivity index (χ0v) is 22.8. The summed E-state index contributed by atoms with van der Waals surface area (Å²) in [6.07, 6.45) is 3.31. The second kappa shape index (κ2) is 11.0. The van der Waals surface area contributed by atoms with Crippen molar-refractivity contribution in [2.45, 2.75) is 32.0 Å². The highest BCUT2D eigenvalue weighted by molar-refractivity contribution is 6.14. The van der Waals surface area contributed by atoms with Gasteiger partial charge in [-0.15, -0.1) is 0 Å². The highest BCUT2D eigenvalue weighted by atomic mass is 19.1. The van der Waals surface area contributed by atoms with Gasteiger partial charge in [-0.05, 0) is 38.1 Å². The number of anilines is 2. The van der Waals surface area contributed by atoms with Crippen LogP contribution in [0.1, 0.15) is 24.2 Å². The molecule has 0 aliphatic carbocycles. The number of aryl methyl sites for hydroxylation is 1. The molecule has 0 saturated carbocycles. The van der Waals surface area contributed by atoms with Gasteiger partial charge in [0.1, 0.15) is 18.2 Å². The molecule has 2 aromatic heterocycles. The lowest BCUT2D eigenvalue weighted by Gasteiger charge is -2.38. The van der Waals surface area contributed by atoms with E-state index in [1.165, 1.54) is 10.7 Å². The van der Waals surface area contributed by atoms with Crippen LogP contribution < -0.4 is 25.6 Å². The van der Waals surface area contributed by atoms with E-state index in [1.807, 2.05) is 6.07 Å². The molecule has 1 amide bonds. The summed E-state index contributed by atoms with van der Waals surface area (Å²) in [6.45, 7) is 8.31. The smallest absolute Gasteiger partial charge is 0.317 e. The molecule has 6 rings (SSSR count). The van der Waals surface area contributed by atoms with Crippen LogP contribution >= 0.6 is 0 Å². The standard InChI is InChI=1S/C28H33FN8O3/c1-16-12-37(13-17(2)32-16)24-5-4-21(27(38)33-19-8-18-14-36(3)35-25(18)23(29)9-19)26-22(24)11-31-28(34-26)40-15-20-10-30-6-7-39-20/h4-5,8-9,11,14,16-17,20,30,32H,6-7,10,12-13,15H2,1-3H3,(H,33,38). The molecule has 2 aliphatic rings. The predicted octanol–water partition coefficient (Wildman–Crippen LogP) is 2.46. The number of benzene rings is 2. The molecule has 12 heteroatoms. The van der Waals surface area contributed by atoms with Crippen molar-refractivity contribution < 1.29 is 18.7 Å². The lowest BCUT2D eigenvalue weighted by Crippen LogP contribution is -2.54. The second-order valence-electron chi connectivity index (χ2n) is 10.6. The third kappa shape index (κ3) is 5.42. The molecule has 4 heterocycles. The lowest BCUT2D eigenvalue weighted by molar-refractivity contribution is -0.00170. The minimum absolute atomic E-state index is 0.108. The second-order valence-corrected chi connectivity index (χ2v) is 10.6. The maximum Gasteiger partial charge on any atom is 0.317 e. The maximum absolute atomic E-state index is 14.7. The van der Waals surface area contributed by atoms with Gasteiger partial charge in [-0.25, -0.2) is 9.37 Å². The Kier molecular flexibility index (Phi) is 7.22. The van der Waals surface area contributed by atoms with Crippen LogP contribution in [0.15, 0.2) is 36.7 Å². The van der Waals surface area contributed by atoms with Gasteiger partial charge >= 0.3 is 6.01 Å². The van der Waals surface area contributed by atoms with Gasteiger partial charge < -0.3 is 30.3 Å². The average Bonchev–Trinajstić information content (AvgIpc) is 3.32. The molecule has 2 saturated heterocycles. The molecule has 2 aliphatic heterocycles. The molecule has 0 spiro atoms. The van der Waals surface area contributed by atoms with Crippen LogP contribution in [0.2, 0.25) is 0 Å². The van der Waals surface area contributed by atoms with Crippen molar-refractivity contribution in [1.29, 1.82) is 0 Å². The van der Waals surface area contributed by atoms with Crippen molar-refractivity contribution >= 4 is 39.1 Å². The van der Waals surface area contributed by atoms with Crippen molar-refractivity contribution in [3.05, 3.63) is 48.0 Å². The molecule has 4 aromatic rings. The van der Waals surface area contributed by atoms with Gasteiger partial charge in [-0.2, -0.15) is 10.1 Å². The fourth-order valence-corrected chi connectivity index (χ4v) is 5.52. The number of carbonyl (C=O) groups is 1. The number of morpholine rings is 1. The topological polar surface area (TPSA) is 118 Å². The number of rotatable bonds is 6. The summed E-state index contributed by atoms with van der Waals surface area (Å²) in [5, 5.41) is 15.1. The summed E-state index contributed by atoms with van der Waals surface area (Å²) >= 11 is 0. The summed E-state index contributed by atoms with van der Waals surface area (Å²) in [6, 6.07) is 7.42. The number of amides is 1. The molecule has 0 radical (unpaired) electrons. The normalized spacial score (nSPS) is 21.6. The minimum Gasteiger partial charge on any atom is -0.461 e. The summed E-state index contributed by atoms with van der Waals surface area (Å²) in [5.41, 5.74) is 2.33. The first-order valence-electron chi connectivity index (χ1n) is 13.5. The minimum atomic E-state index is -0.506. The van der Waals surface area contributed by atoms with E-state index in [-0.39, 0.29) is 24.2 Å². The van der Waals surface area contributed by atoms with Crippen molar-refractivity contribution in [2.24, 2.45) is 7.05 Å². The number of hydrogen-bond donors (Lipinski definition) is 3. The summed E-state index contributed by atoms with van der Waals surface area (Å²) in [4.78, 5) is 25.0. The quantitative estimate of drug-likeness (QED) is 0.334. The Bertz CT molecular complexity index is 1540. The molecule has 3 atom stereocenters. The number of hydrogen-bond acceptors (Lipinski definition) is 9. The largest absolute Gasteiger partial charge is 0.461 e. The number of nitrogens with one attached hydrogen (secondary N) is 3. The first-order valence-corrected chi connectivity index (χ1v) is 13.5. The third-order valence-corrected chi connectivity index (χ3v) is 7.19. The fourth-order valence-electron chi connectivity index (χ4n) is 5.52. The summed E-state index contributed by atoms with van der Waals surface area (Å²) in [5.74, 6) is -0.918.